The lowest BCUT2D eigenvalue weighted by molar-refractivity contribution is -0.121. The van der Waals surface area contributed by atoms with Gasteiger partial charge in [-0.3, -0.25) is 9.10 Å². The average Bonchev–Trinajstić information content (AvgIpc) is 2.54. The van der Waals surface area contributed by atoms with Crippen LogP contribution < -0.4 is 9.62 Å². The van der Waals surface area contributed by atoms with Crippen molar-refractivity contribution in [3.8, 4) is 0 Å². The zero-order chi connectivity index (χ0) is 20.2. The van der Waals surface area contributed by atoms with Crippen molar-refractivity contribution in [2.45, 2.75) is 32.7 Å². The van der Waals surface area contributed by atoms with Gasteiger partial charge in [-0.2, -0.15) is 0 Å². The van der Waals surface area contributed by atoms with Gasteiger partial charge in [0, 0.05) is 10.6 Å². The fourth-order valence-corrected chi connectivity index (χ4v) is 4.00. The van der Waals surface area contributed by atoms with Gasteiger partial charge in [-0.05, 0) is 50.5 Å². The number of benzene rings is 2. The van der Waals surface area contributed by atoms with Gasteiger partial charge >= 0.3 is 0 Å². The number of nitrogens with zero attached hydrogens (tertiary/aromatic N) is 1. The fraction of sp³-hybridized carbons (Fsp3) is 0.350. The van der Waals surface area contributed by atoms with Crippen LogP contribution in [0.25, 0.3) is 0 Å². The summed E-state index contributed by atoms with van der Waals surface area (Å²) < 4.78 is 25.7. The SMILES string of the molecule is Cc1ccc(Cl)cc1N(CC(=O)NC(C)(C)Cc1ccccc1)S(C)(=O)=O. The Morgan fingerprint density at radius 3 is 2.37 bits per heavy atom. The summed E-state index contributed by atoms with van der Waals surface area (Å²) in [5, 5.41) is 3.34. The number of rotatable bonds is 7. The van der Waals surface area contributed by atoms with Crippen molar-refractivity contribution in [1.29, 1.82) is 0 Å². The van der Waals surface area contributed by atoms with Gasteiger partial charge in [-0.15, -0.1) is 0 Å². The van der Waals surface area contributed by atoms with Gasteiger partial charge in [-0.1, -0.05) is 48.0 Å². The molecule has 0 bridgehead atoms. The van der Waals surface area contributed by atoms with Crippen molar-refractivity contribution < 1.29 is 13.2 Å². The monoisotopic (exact) mass is 408 g/mol. The standard InChI is InChI=1S/C20H25ClN2O3S/c1-15-10-11-17(21)12-18(15)23(27(4,25)26)14-19(24)22-20(2,3)13-16-8-6-5-7-9-16/h5-12H,13-14H2,1-4H3,(H,22,24). The summed E-state index contributed by atoms with van der Waals surface area (Å²) in [5.41, 5.74) is 1.70. The Balaban J connectivity index is 2.18. The first-order chi connectivity index (χ1) is 12.5. The maximum atomic E-state index is 12.6. The molecule has 2 aromatic rings. The van der Waals surface area contributed by atoms with E-state index in [1.54, 1.807) is 25.1 Å². The molecular formula is C20H25ClN2O3S. The Kier molecular flexibility index (Phi) is 6.54. The number of carbonyl (C=O) groups is 1. The van der Waals surface area contributed by atoms with E-state index in [0.29, 0.717) is 17.1 Å². The smallest absolute Gasteiger partial charge is 0.241 e. The van der Waals surface area contributed by atoms with E-state index in [4.69, 9.17) is 11.6 Å². The van der Waals surface area contributed by atoms with Crippen molar-refractivity contribution in [2.75, 3.05) is 17.1 Å². The Bertz CT molecular complexity index is 912. The normalized spacial score (nSPS) is 11.9. The summed E-state index contributed by atoms with van der Waals surface area (Å²) in [7, 11) is -3.65. The summed E-state index contributed by atoms with van der Waals surface area (Å²) in [5.74, 6) is -0.374. The second-order valence-corrected chi connectivity index (χ2v) is 9.64. The zero-order valence-electron chi connectivity index (χ0n) is 16.0. The second-order valence-electron chi connectivity index (χ2n) is 7.29. The largest absolute Gasteiger partial charge is 0.349 e. The summed E-state index contributed by atoms with van der Waals surface area (Å²) in [4.78, 5) is 12.6. The number of anilines is 1. The highest BCUT2D eigenvalue weighted by Gasteiger charge is 2.26. The highest BCUT2D eigenvalue weighted by Crippen LogP contribution is 2.26. The van der Waals surface area contributed by atoms with Crippen LogP contribution in [0.3, 0.4) is 0 Å². The predicted molar refractivity (Wildman–Crippen MR) is 111 cm³/mol. The molecule has 0 fully saturated rings. The minimum atomic E-state index is -3.65. The molecule has 0 aliphatic carbocycles. The van der Waals surface area contributed by atoms with Gasteiger partial charge in [0.15, 0.2) is 0 Å². The number of hydrogen-bond acceptors (Lipinski definition) is 3. The first-order valence-electron chi connectivity index (χ1n) is 8.57. The van der Waals surface area contributed by atoms with Crippen LogP contribution in [0.4, 0.5) is 5.69 Å². The summed E-state index contributed by atoms with van der Waals surface area (Å²) >= 11 is 6.02. The lowest BCUT2D eigenvalue weighted by Gasteiger charge is -2.29. The lowest BCUT2D eigenvalue weighted by atomic mass is 9.95. The topological polar surface area (TPSA) is 66.5 Å². The van der Waals surface area contributed by atoms with Crippen LogP contribution in [0.2, 0.25) is 5.02 Å². The van der Waals surface area contributed by atoms with E-state index < -0.39 is 15.6 Å². The van der Waals surface area contributed by atoms with Crippen molar-refractivity contribution in [1.82, 2.24) is 5.32 Å². The highest BCUT2D eigenvalue weighted by molar-refractivity contribution is 7.92. The molecule has 27 heavy (non-hydrogen) atoms. The minimum Gasteiger partial charge on any atom is -0.349 e. The van der Waals surface area contributed by atoms with E-state index in [9.17, 15) is 13.2 Å². The molecule has 1 amide bonds. The van der Waals surface area contributed by atoms with Crippen molar-refractivity contribution in [2.24, 2.45) is 0 Å². The van der Waals surface area contributed by atoms with Crippen molar-refractivity contribution in [3.05, 3.63) is 64.7 Å². The minimum absolute atomic E-state index is 0.307. The van der Waals surface area contributed by atoms with Crippen LogP contribution in [-0.2, 0) is 21.2 Å². The molecule has 0 atom stereocenters. The molecule has 0 saturated heterocycles. The second kappa shape index (κ2) is 8.31. The van der Waals surface area contributed by atoms with E-state index in [1.807, 2.05) is 44.2 Å². The van der Waals surface area contributed by atoms with E-state index in [-0.39, 0.29) is 12.5 Å². The van der Waals surface area contributed by atoms with E-state index in [0.717, 1.165) is 21.7 Å². The molecule has 2 rings (SSSR count). The quantitative estimate of drug-likeness (QED) is 0.761. The maximum Gasteiger partial charge on any atom is 0.241 e. The Morgan fingerprint density at radius 1 is 1.15 bits per heavy atom. The summed E-state index contributed by atoms with van der Waals surface area (Å²) in [6.45, 7) is 5.29. The molecule has 0 radical (unpaired) electrons. The first-order valence-corrected chi connectivity index (χ1v) is 10.8. The molecule has 5 nitrogen and oxygen atoms in total. The van der Waals surface area contributed by atoms with Crippen molar-refractivity contribution in [3.63, 3.8) is 0 Å². The molecule has 2 aromatic carbocycles. The highest BCUT2D eigenvalue weighted by atomic mass is 35.5. The van der Waals surface area contributed by atoms with Crippen molar-refractivity contribution >= 4 is 33.2 Å². The summed E-state index contributed by atoms with van der Waals surface area (Å²) in [6, 6.07) is 14.8. The van der Waals surface area contributed by atoms with Crippen LogP contribution in [-0.4, -0.2) is 32.7 Å². The molecule has 146 valence electrons. The molecular weight excluding hydrogens is 384 g/mol. The van der Waals surface area contributed by atoms with Gasteiger partial charge < -0.3 is 5.32 Å². The van der Waals surface area contributed by atoms with E-state index >= 15 is 0 Å². The molecule has 0 spiro atoms. The Morgan fingerprint density at radius 2 is 1.78 bits per heavy atom. The number of carbonyl (C=O) groups excluding carboxylic acids is 1. The molecule has 0 saturated carbocycles. The van der Waals surface area contributed by atoms with E-state index in [2.05, 4.69) is 5.32 Å². The fourth-order valence-electron chi connectivity index (χ4n) is 2.93. The van der Waals surface area contributed by atoms with Crippen LogP contribution in [0.1, 0.15) is 25.0 Å². The third-order valence-electron chi connectivity index (χ3n) is 4.09. The predicted octanol–water partition coefficient (Wildman–Crippen LogP) is 3.55. The zero-order valence-corrected chi connectivity index (χ0v) is 17.6. The van der Waals surface area contributed by atoms with Gasteiger partial charge in [0.25, 0.3) is 0 Å². The molecule has 0 aliphatic heterocycles. The van der Waals surface area contributed by atoms with Crippen LogP contribution in [0.5, 0.6) is 0 Å². The third kappa shape index (κ3) is 6.26. The average molecular weight is 409 g/mol. The van der Waals surface area contributed by atoms with Crippen LogP contribution in [0.15, 0.2) is 48.5 Å². The first kappa shape index (κ1) is 21.3. The van der Waals surface area contributed by atoms with E-state index in [1.165, 1.54) is 0 Å². The molecule has 0 aliphatic rings. The molecule has 0 aromatic heterocycles. The summed E-state index contributed by atoms with van der Waals surface area (Å²) in [6.07, 6.45) is 1.71. The third-order valence-corrected chi connectivity index (χ3v) is 5.46. The lowest BCUT2D eigenvalue weighted by Crippen LogP contribution is -2.50. The Hall–Kier alpha value is -2.05. The number of hydrogen-bond donors (Lipinski definition) is 1. The van der Waals surface area contributed by atoms with Gasteiger partial charge in [0.05, 0.1) is 11.9 Å². The van der Waals surface area contributed by atoms with Crippen LogP contribution >= 0.6 is 11.6 Å². The number of nitrogens with one attached hydrogen (secondary N) is 1. The molecule has 0 heterocycles. The molecule has 7 heteroatoms. The Labute approximate surface area is 166 Å². The van der Waals surface area contributed by atoms with Crippen LogP contribution in [0, 0.1) is 6.92 Å². The number of amides is 1. The number of aryl methyl sites for hydroxylation is 1. The molecule has 0 unspecified atom stereocenters. The van der Waals surface area contributed by atoms with Gasteiger partial charge in [-0.25, -0.2) is 8.42 Å². The maximum absolute atomic E-state index is 12.6. The number of sulfonamides is 1. The number of halogens is 1. The van der Waals surface area contributed by atoms with Gasteiger partial charge in [0.2, 0.25) is 15.9 Å². The molecule has 1 N–H and O–H groups in total. The van der Waals surface area contributed by atoms with Gasteiger partial charge in [0.1, 0.15) is 6.54 Å².